The van der Waals surface area contributed by atoms with Crippen LogP contribution >= 0.6 is 0 Å². The molecule has 0 saturated carbocycles. The van der Waals surface area contributed by atoms with E-state index in [1.165, 1.54) is 11.3 Å². The van der Waals surface area contributed by atoms with Crippen LogP contribution in [0.2, 0.25) is 0 Å². The van der Waals surface area contributed by atoms with Crippen molar-refractivity contribution in [1.82, 2.24) is 14.7 Å². The first-order chi connectivity index (χ1) is 13.6. The average Bonchev–Trinajstić information content (AvgIpc) is 3.32. The van der Waals surface area contributed by atoms with Crippen molar-refractivity contribution in [3.8, 4) is 17.2 Å². The first-order valence-electron chi connectivity index (χ1n) is 9.66. The minimum absolute atomic E-state index is 0.267. The molecule has 1 atom stereocenters. The third-order valence-electron chi connectivity index (χ3n) is 5.40. The average molecular weight is 389 g/mol. The number of aromatic nitrogens is 2. The molecule has 2 aromatic rings. The normalized spacial score (nSPS) is 16.6. The molecule has 1 aromatic carbocycles. The van der Waals surface area contributed by atoms with E-state index in [9.17, 15) is 0 Å². The summed E-state index contributed by atoms with van der Waals surface area (Å²) in [7, 11) is 6.90. The molecule has 1 aliphatic rings. The van der Waals surface area contributed by atoms with Crippen LogP contribution in [0, 0.1) is 6.92 Å². The molecule has 0 amide bonds. The summed E-state index contributed by atoms with van der Waals surface area (Å²) in [5.41, 5.74) is 3.45. The van der Waals surface area contributed by atoms with Crippen molar-refractivity contribution in [3.63, 3.8) is 0 Å². The summed E-state index contributed by atoms with van der Waals surface area (Å²) < 4.78 is 24.4. The first kappa shape index (κ1) is 20.5. The number of ether oxygens (including phenoxy) is 4. The number of benzene rings is 1. The summed E-state index contributed by atoms with van der Waals surface area (Å²) in [5, 5.41) is 4.39. The SMILES string of the molecule is COc1ccc(CN(Cc2cnn(C)c2C)C[C@H]2CCCO2)c(OC)c1OC. The molecule has 7 heteroatoms. The van der Waals surface area contributed by atoms with Crippen molar-refractivity contribution in [2.75, 3.05) is 34.5 Å². The van der Waals surface area contributed by atoms with Gasteiger partial charge in [0.05, 0.1) is 33.6 Å². The smallest absolute Gasteiger partial charge is 0.203 e. The predicted molar refractivity (Wildman–Crippen MR) is 107 cm³/mol. The van der Waals surface area contributed by atoms with Crippen LogP contribution in [0.25, 0.3) is 0 Å². The molecule has 7 nitrogen and oxygen atoms in total. The van der Waals surface area contributed by atoms with E-state index < -0.39 is 0 Å². The third kappa shape index (κ3) is 4.42. The highest BCUT2D eigenvalue weighted by Crippen LogP contribution is 2.40. The van der Waals surface area contributed by atoms with Crippen molar-refractivity contribution < 1.29 is 18.9 Å². The van der Waals surface area contributed by atoms with Gasteiger partial charge in [-0.25, -0.2) is 0 Å². The maximum Gasteiger partial charge on any atom is 0.203 e. The Hall–Kier alpha value is -2.25. The maximum absolute atomic E-state index is 5.89. The number of aryl methyl sites for hydroxylation is 1. The molecular formula is C21H31N3O4. The Morgan fingerprint density at radius 2 is 1.86 bits per heavy atom. The van der Waals surface area contributed by atoms with Crippen molar-refractivity contribution >= 4 is 0 Å². The van der Waals surface area contributed by atoms with Gasteiger partial charge in [-0.3, -0.25) is 9.58 Å². The molecule has 0 radical (unpaired) electrons. The summed E-state index contributed by atoms with van der Waals surface area (Å²) in [5.74, 6) is 2.00. The molecule has 1 fully saturated rings. The molecule has 0 bridgehead atoms. The van der Waals surface area contributed by atoms with E-state index in [1.54, 1.807) is 21.3 Å². The van der Waals surface area contributed by atoms with Crippen molar-refractivity contribution in [1.29, 1.82) is 0 Å². The standard InChI is InChI=1S/C21H31N3O4/c1-15-17(11-22-23(15)2)13-24(14-18-7-6-10-28-18)12-16-8-9-19(25-3)21(27-5)20(16)26-4/h8-9,11,18H,6-7,10,12-14H2,1-5H3/t18-/m1/s1. The van der Waals surface area contributed by atoms with Crippen LogP contribution in [0.5, 0.6) is 17.2 Å². The van der Waals surface area contributed by atoms with Gasteiger partial charge in [0, 0.05) is 50.1 Å². The Balaban J connectivity index is 1.86. The van der Waals surface area contributed by atoms with Crippen LogP contribution in [0.4, 0.5) is 0 Å². The third-order valence-corrected chi connectivity index (χ3v) is 5.40. The fourth-order valence-electron chi connectivity index (χ4n) is 3.73. The maximum atomic E-state index is 5.89. The van der Waals surface area contributed by atoms with E-state index in [-0.39, 0.29) is 6.10 Å². The van der Waals surface area contributed by atoms with Gasteiger partial charge in [0.2, 0.25) is 5.75 Å². The van der Waals surface area contributed by atoms with E-state index in [2.05, 4.69) is 16.9 Å². The number of hydrogen-bond acceptors (Lipinski definition) is 6. The second-order valence-electron chi connectivity index (χ2n) is 7.18. The quantitative estimate of drug-likeness (QED) is 0.657. The second kappa shape index (κ2) is 9.30. The van der Waals surface area contributed by atoms with Gasteiger partial charge in [0.1, 0.15) is 0 Å². The van der Waals surface area contributed by atoms with E-state index in [0.717, 1.165) is 44.6 Å². The second-order valence-corrected chi connectivity index (χ2v) is 7.18. The summed E-state index contributed by atoms with van der Waals surface area (Å²) in [6.07, 6.45) is 4.45. The molecule has 0 spiro atoms. The van der Waals surface area contributed by atoms with Crippen molar-refractivity contribution in [2.45, 2.75) is 39.0 Å². The highest BCUT2D eigenvalue weighted by molar-refractivity contribution is 5.55. The topological polar surface area (TPSA) is 58.0 Å². The number of methoxy groups -OCH3 is 3. The zero-order valence-electron chi connectivity index (χ0n) is 17.5. The van der Waals surface area contributed by atoms with Gasteiger partial charge in [-0.1, -0.05) is 6.07 Å². The summed E-state index contributed by atoms with van der Waals surface area (Å²) in [4.78, 5) is 2.39. The predicted octanol–water partition coefficient (Wildman–Crippen LogP) is 2.94. The number of rotatable bonds is 9. The van der Waals surface area contributed by atoms with Gasteiger partial charge in [-0.15, -0.1) is 0 Å². The van der Waals surface area contributed by atoms with Crippen LogP contribution in [0.3, 0.4) is 0 Å². The Bertz CT molecular complexity index is 784. The first-order valence-corrected chi connectivity index (χ1v) is 9.66. The van der Waals surface area contributed by atoms with E-state index in [4.69, 9.17) is 18.9 Å². The minimum atomic E-state index is 0.267. The molecule has 0 N–H and O–H groups in total. The molecule has 0 unspecified atom stereocenters. The molecule has 3 rings (SSSR count). The molecule has 154 valence electrons. The zero-order chi connectivity index (χ0) is 20.1. The molecule has 1 saturated heterocycles. The van der Waals surface area contributed by atoms with Gasteiger partial charge in [0.15, 0.2) is 11.5 Å². The fraction of sp³-hybridized carbons (Fsp3) is 0.571. The Kier molecular flexibility index (Phi) is 6.80. The van der Waals surface area contributed by atoms with Crippen molar-refractivity contribution in [2.24, 2.45) is 7.05 Å². The van der Waals surface area contributed by atoms with E-state index >= 15 is 0 Å². The van der Waals surface area contributed by atoms with Gasteiger partial charge in [-0.05, 0) is 25.8 Å². The number of hydrogen-bond donors (Lipinski definition) is 0. The lowest BCUT2D eigenvalue weighted by atomic mass is 10.1. The van der Waals surface area contributed by atoms with Crippen LogP contribution < -0.4 is 14.2 Å². The minimum Gasteiger partial charge on any atom is -0.493 e. The molecule has 28 heavy (non-hydrogen) atoms. The Morgan fingerprint density at radius 3 is 2.43 bits per heavy atom. The van der Waals surface area contributed by atoms with Gasteiger partial charge < -0.3 is 18.9 Å². The number of nitrogens with zero attached hydrogens (tertiary/aromatic N) is 3. The largest absolute Gasteiger partial charge is 0.493 e. The zero-order valence-corrected chi connectivity index (χ0v) is 17.5. The van der Waals surface area contributed by atoms with Crippen LogP contribution in [0.1, 0.15) is 29.7 Å². The Morgan fingerprint density at radius 1 is 1.11 bits per heavy atom. The van der Waals surface area contributed by atoms with Crippen LogP contribution in [-0.4, -0.2) is 55.3 Å². The highest BCUT2D eigenvalue weighted by atomic mass is 16.5. The van der Waals surface area contributed by atoms with E-state index in [1.807, 2.05) is 30.1 Å². The lowest BCUT2D eigenvalue weighted by Crippen LogP contribution is -2.31. The highest BCUT2D eigenvalue weighted by Gasteiger charge is 2.23. The summed E-state index contributed by atoms with van der Waals surface area (Å²) >= 11 is 0. The molecule has 1 aromatic heterocycles. The van der Waals surface area contributed by atoms with Crippen LogP contribution in [0.15, 0.2) is 18.3 Å². The van der Waals surface area contributed by atoms with Crippen LogP contribution in [-0.2, 0) is 24.9 Å². The molecule has 0 aliphatic carbocycles. The molecule has 2 heterocycles. The molecule has 1 aliphatic heterocycles. The summed E-state index contributed by atoms with van der Waals surface area (Å²) in [6, 6.07) is 3.97. The fourth-order valence-corrected chi connectivity index (χ4v) is 3.73. The molecular weight excluding hydrogens is 358 g/mol. The summed E-state index contributed by atoms with van der Waals surface area (Å²) in [6.45, 7) is 5.34. The Labute approximate surface area is 167 Å². The van der Waals surface area contributed by atoms with Gasteiger partial charge in [0.25, 0.3) is 0 Å². The lowest BCUT2D eigenvalue weighted by molar-refractivity contribution is 0.0675. The van der Waals surface area contributed by atoms with Gasteiger partial charge >= 0.3 is 0 Å². The van der Waals surface area contributed by atoms with Crippen molar-refractivity contribution in [3.05, 3.63) is 35.2 Å². The lowest BCUT2D eigenvalue weighted by Gasteiger charge is -2.26. The monoisotopic (exact) mass is 389 g/mol. The van der Waals surface area contributed by atoms with Gasteiger partial charge in [-0.2, -0.15) is 5.10 Å². The van der Waals surface area contributed by atoms with E-state index in [0.29, 0.717) is 17.2 Å².